The molecule has 0 radical (unpaired) electrons. The van der Waals surface area contributed by atoms with E-state index in [-0.39, 0.29) is 11.9 Å². The van der Waals surface area contributed by atoms with E-state index in [0.29, 0.717) is 12.6 Å². The number of hydrogen-bond donors (Lipinski definition) is 2. The van der Waals surface area contributed by atoms with E-state index in [9.17, 15) is 4.79 Å². The van der Waals surface area contributed by atoms with Gasteiger partial charge in [-0.3, -0.25) is 15.1 Å². The molecule has 1 amide bonds. The Bertz CT molecular complexity index is 781. The number of rotatable bonds is 5. The van der Waals surface area contributed by atoms with Crippen LogP contribution in [0.2, 0.25) is 0 Å². The first kappa shape index (κ1) is 17.7. The van der Waals surface area contributed by atoms with Gasteiger partial charge in [0, 0.05) is 12.6 Å². The minimum atomic E-state index is -1.03. The van der Waals surface area contributed by atoms with Crippen LogP contribution >= 0.6 is 0 Å². The van der Waals surface area contributed by atoms with E-state index < -0.39 is 5.54 Å². The van der Waals surface area contributed by atoms with Gasteiger partial charge in [0.05, 0.1) is 0 Å². The lowest BCUT2D eigenvalue weighted by molar-refractivity contribution is -0.130. The van der Waals surface area contributed by atoms with Crippen LogP contribution in [0.4, 0.5) is 0 Å². The van der Waals surface area contributed by atoms with Gasteiger partial charge >= 0.3 is 0 Å². The van der Waals surface area contributed by atoms with Crippen LogP contribution in [0.3, 0.4) is 0 Å². The molecular formula is C22H26N4O. The fourth-order valence-corrected chi connectivity index (χ4v) is 4.37. The van der Waals surface area contributed by atoms with E-state index in [1.807, 2.05) is 60.7 Å². The molecule has 2 aliphatic rings. The maximum atomic E-state index is 13.6. The van der Waals surface area contributed by atoms with Gasteiger partial charge in [0.2, 0.25) is 0 Å². The van der Waals surface area contributed by atoms with Crippen molar-refractivity contribution in [3.05, 3.63) is 71.8 Å². The highest BCUT2D eigenvalue weighted by atomic mass is 16.2. The number of nitrogens with one attached hydrogen (secondary N) is 2. The van der Waals surface area contributed by atoms with Crippen molar-refractivity contribution in [3.63, 3.8) is 0 Å². The lowest BCUT2D eigenvalue weighted by Gasteiger charge is -2.28. The van der Waals surface area contributed by atoms with Gasteiger partial charge < -0.3 is 10.2 Å². The molecule has 1 atom stereocenters. The molecule has 0 saturated carbocycles. The number of likely N-dealkylation sites (tertiary alicyclic amines) is 1. The topological polar surface area (TPSA) is 59.4 Å². The molecule has 2 aliphatic heterocycles. The van der Waals surface area contributed by atoms with Gasteiger partial charge in [-0.2, -0.15) is 0 Å². The van der Waals surface area contributed by atoms with Gasteiger partial charge in [-0.05, 0) is 44.0 Å². The third-order valence-electron chi connectivity index (χ3n) is 5.91. The normalized spacial score (nSPS) is 22.3. The van der Waals surface area contributed by atoms with E-state index in [2.05, 4.69) is 17.3 Å². The minimum Gasteiger partial charge on any atom is -0.334 e. The Kier molecular flexibility index (Phi) is 4.70. The average Bonchev–Trinajstić information content (AvgIpc) is 3.22. The standard InChI is InChI=1S/C22H26N4O/c1-25-15-8-13-19(25)14-16-26-20(27)22(24-21(26)23,17-9-4-2-5-10-17)18-11-6-3-7-12-18/h2-7,9-12,19H,8,13-16H2,1H3,(H2,23,24). The number of benzene rings is 2. The summed E-state index contributed by atoms with van der Waals surface area (Å²) < 4.78 is 0. The maximum Gasteiger partial charge on any atom is 0.264 e. The first-order chi connectivity index (χ1) is 13.1. The van der Waals surface area contributed by atoms with Crippen molar-refractivity contribution in [1.82, 2.24) is 15.1 Å². The summed E-state index contributed by atoms with van der Waals surface area (Å²) in [4.78, 5) is 17.6. The summed E-state index contributed by atoms with van der Waals surface area (Å²) in [7, 11) is 2.14. The summed E-state index contributed by atoms with van der Waals surface area (Å²) in [5, 5.41) is 11.7. The van der Waals surface area contributed by atoms with Crippen LogP contribution in [0.5, 0.6) is 0 Å². The average molecular weight is 362 g/mol. The highest BCUT2D eigenvalue weighted by molar-refractivity contribution is 6.10. The van der Waals surface area contributed by atoms with Crippen LogP contribution < -0.4 is 5.32 Å². The molecule has 1 unspecified atom stereocenters. The first-order valence-corrected chi connectivity index (χ1v) is 9.63. The van der Waals surface area contributed by atoms with Crippen molar-refractivity contribution in [1.29, 1.82) is 5.41 Å². The third kappa shape index (κ3) is 3.02. The smallest absolute Gasteiger partial charge is 0.264 e. The van der Waals surface area contributed by atoms with Crippen molar-refractivity contribution in [2.75, 3.05) is 20.1 Å². The highest BCUT2D eigenvalue weighted by Gasteiger charge is 2.52. The van der Waals surface area contributed by atoms with Gasteiger partial charge in [-0.25, -0.2) is 0 Å². The Morgan fingerprint density at radius 1 is 1.07 bits per heavy atom. The molecule has 2 aromatic rings. The Labute approximate surface area is 160 Å². The Hall–Kier alpha value is -2.66. The van der Waals surface area contributed by atoms with Crippen molar-refractivity contribution in [2.24, 2.45) is 0 Å². The maximum absolute atomic E-state index is 13.6. The van der Waals surface area contributed by atoms with Crippen molar-refractivity contribution in [2.45, 2.75) is 30.8 Å². The number of carbonyl (C=O) groups is 1. The number of nitrogens with zero attached hydrogens (tertiary/aromatic N) is 2. The second-order valence-electron chi connectivity index (χ2n) is 7.48. The Balaban J connectivity index is 1.66. The number of carbonyl (C=O) groups excluding carboxylic acids is 1. The van der Waals surface area contributed by atoms with Crippen LogP contribution in [0.1, 0.15) is 30.4 Å². The van der Waals surface area contributed by atoms with Gasteiger partial charge in [-0.15, -0.1) is 0 Å². The molecule has 5 nitrogen and oxygen atoms in total. The summed E-state index contributed by atoms with van der Waals surface area (Å²) >= 11 is 0. The van der Waals surface area contributed by atoms with Crippen LogP contribution in [0, 0.1) is 5.41 Å². The van der Waals surface area contributed by atoms with Crippen molar-refractivity contribution in [3.8, 4) is 0 Å². The second-order valence-corrected chi connectivity index (χ2v) is 7.48. The molecule has 2 saturated heterocycles. The molecule has 27 heavy (non-hydrogen) atoms. The predicted octanol–water partition coefficient (Wildman–Crippen LogP) is 2.78. The Morgan fingerprint density at radius 3 is 2.19 bits per heavy atom. The van der Waals surface area contributed by atoms with E-state index >= 15 is 0 Å². The van der Waals surface area contributed by atoms with Gasteiger partial charge in [0.1, 0.15) is 0 Å². The molecule has 0 aliphatic carbocycles. The molecule has 0 spiro atoms. The van der Waals surface area contributed by atoms with Crippen molar-refractivity contribution >= 4 is 11.9 Å². The lowest BCUT2D eigenvalue weighted by atomic mass is 9.82. The fourth-order valence-electron chi connectivity index (χ4n) is 4.37. The van der Waals surface area contributed by atoms with Crippen molar-refractivity contribution < 1.29 is 4.79 Å². The van der Waals surface area contributed by atoms with Crippen LogP contribution in [-0.4, -0.2) is 47.8 Å². The van der Waals surface area contributed by atoms with E-state index in [4.69, 9.17) is 5.41 Å². The molecule has 2 heterocycles. The quantitative estimate of drug-likeness (QED) is 0.860. The fraction of sp³-hybridized carbons (Fsp3) is 0.364. The molecule has 2 aromatic carbocycles. The Morgan fingerprint density at radius 2 is 1.67 bits per heavy atom. The first-order valence-electron chi connectivity index (χ1n) is 9.63. The second kappa shape index (κ2) is 7.16. The monoisotopic (exact) mass is 362 g/mol. The molecule has 140 valence electrons. The molecule has 2 N–H and O–H groups in total. The summed E-state index contributed by atoms with van der Waals surface area (Å²) in [6.07, 6.45) is 3.27. The lowest BCUT2D eigenvalue weighted by Crippen LogP contribution is -2.45. The zero-order chi connectivity index (χ0) is 18.9. The number of guanidine groups is 1. The van der Waals surface area contributed by atoms with Crippen LogP contribution in [-0.2, 0) is 10.3 Å². The van der Waals surface area contributed by atoms with E-state index in [1.54, 1.807) is 4.90 Å². The van der Waals surface area contributed by atoms with Gasteiger partial charge in [0.15, 0.2) is 11.5 Å². The number of hydrogen-bond acceptors (Lipinski definition) is 3. The molecule has 0 aromatic heterocycles. The summed E-state index contributed by atoms with van der Waals surface area (Å²) in [5.41, 5.74) is 0.708. The third-order valence-corrected chi connectivity index (χ3v) is 5.91. The molecule has 4 rings (SSSR count). The van der Waals surface area contributed by atoms with E-state index in [0.717, 1.165) is 24.1 Å². The number of amides is 1. The van der Waals surface area contributed by atoms with Crippen LogP contribution in [0.15, 0.2) is 60.7 Å². The SMILES string of the molecule is CN1CCCC1CCN1C(=N)NC(c2ccccc2)(c2ccccc2)C1=O. The zero-order valence-electron chi connectivity index (χ0n) is 15.7. The summed E-state index contributed by atoms with van der Waals surface area (Å²) in [5.74, 6) is 0.124. The van der Waals surface area contributed by atoms with Crippen LogP contribution in [0.25, 0.3) is 0 Å². The van der Waals surface area contributed by atoms with E-state index in [1.165, 1.54) is 12.8 Å². The zero-order valence-corrected chi connectivity index (χ0v) is 15.7. The predicted molar refractivity (Wildman–Crippen MR) is 107 cm³/mol. The molecule has 5 heteroatoms. The van der Waals surface area contributed by atoms with Gasteiger partial charge in [0.25, 0.3) is 5.91 Å². The minimum absolute atomic E-state index is 0.0643. The summed E-state index contributed by atoms with van der Waals surface area (Å²) in [6.45, 7) is 1.69. The van der Waals surface area contributed by atoms with Gasteiger partial charge in [-0.1, -0.05) is 60.7 Å². The molecule has 0 bridgehead atoms. The summed E-state index contributed by atoms with van der Waals surface area (Å²) in [6, 6.07) is 20.0. The molecular weight excluding hydrogens is 336 g/mol. The molecule has 2 fully saturated rings. The largest absolute Gasteiger partial charge is 0.334 e. The highest BCUT2D eigenvalue weighted by Crippen LogP contribution is 2.36.